The first-order chi connectivity index (χ1) is 5.61. The molecule has 4 nitrogen and oxygen atoms in total. The molecule has 1 heterocycles. The van der Waals surface area contributed by atoms with Gasteiger partial charge in [-0.3, -0.25) is 4.79 Å². The van der Waals surface area contributed by atoms with Crippen molar-refractivity contribution >= 4 is 24.1 Å². The molecule has 1 aromatic rings. The van der Waals surface area contributed by atoms with Crippen molar-refractivity contribution in [1.82, 2.24) is 9.88 Å². The largest absolute Gasteiger partial charge is 0.384 e. The molecule has 0 saturated carbocycles. The molecule has 0 fully saturated rings. The fraction of sp³-hybridized carbons (Fsp3) is 0.250. The lowest BCUT2D eigenvalue weighted by Crippen LogP contribution is -2.21. The zero-order chi connectivity index (χ0) is 9.14. The van der Waals surface area contributed by atoms with Crippen molar-refractivity contribution < 1.29 is 4.79 Å². The van der Waals surface area contributed by atoms with Crippen molar-refractivity contribution in [3.63, 3.8) is 0 Å². The SMILES string of the molecule is CN(C)C(=O)c1ccc(N)nc1.Cl. The Hall–Kier alpha value is -1.29. The molecule has 1 amide bonds. The number of rotatable bonds is 1. The van der Waals surface area contributed by atoms with Gasteiger partial charge in [-0.15, -0.1) is 12.4 Å². The van der Waals surface area contributed by atoms with Crippen LogP contribution in [0.4, 0.5) is 5.82 Å². The van der Waals surface area contributed by atoms with Gasteiger partial charge >= 0.3 is 0 Å². The molecule has 0 spiro atoms. The summed E-state index contributed by atoms with van der Waals surface area (Å²) < 4.78 is 0. The third kappa shape index (κ3) is 2.91. The lowest BCUT2D eigenvalue weighted by atomic mass is 10.2. The molecule has 0 radical (unpaired) electrons. The molecule has 2 N–H and O–H groups in total. The van der Waals surface area contributed by atoms with Gasteiger partial charge in [0.25, 0.3) is 5.91 Å². The summed E-state index contributed by atoms with van der Waals surface area (Å²) in [5.74, 6) is 0.354. The molecule has 1 aromatic heterocycles. The van der Waals surface area contributed by atoms with Crippen molar-refractivity contribution in [2.24, 2.45) is 0 Å². The standard InChI is InChI=1S/C8H11N3O.ClH/c1-11(2)8(12)6-3-4-7(9)10-5-6;/h3-5H,1-2H3,(H2,9,10);1H. The Kier molecular flexibility index (Phi) is 4.20. The molecular formula is C8H12ClN3O. The van der Waals surface area contributed by atoms with Gasteiger partial charge in [-0.2, -0.15) is 0 Å². The lowest BCUT2D eigenvalue weighted by molar-refractivity contribution is 0.0827. The summed E-state index contributed by atoms with van der Waals surface area (Å²) in [6.45, 7) is 0. The molecule has 0 bridgehead atoms. The Morgan fingerprint density at radius 3 is 2.46 bits per heavy atom. The molecule has 72 valence electrons. The Morgan fingerprint density at radius 1 is 1.46 bits per heavy atom. The topological polar surface area (TPSA) is 59.2 Å². The molecule has 0 atom stereocenters. The van der Waals surface area contributed by atoms with Gasteiger partial charge in [0.05, 0.1) is 5.56 Å². The monoisotopic (exact) mass is 201 g/mol. The van der Waals surface area contributed by atoms with Crippen molar-refractivity contribution in [1.29, 1.82) is 0 Å². The minimum atomic E-state index is -0.0671. The zero-order valence-electron chi connectivity index (χ0n) is 7.52. The molecule has 5 heteroatoms. The molecular weight excluding hydrogens is 190 g/mol. The smallest absolute Gasteiger partial charge is 0.254 e. The Bertz CT molecular complexity index is 284. The van der Waals surface area contributed by atoms with E-state index in [2.05, 4.69) is 4.98 Å². The van der Waals surface area contributed by atoms with Gasteiger partial charge in [0.2, 0.25) is 0 Å². The quantitative estimate of drug-likeness (QED) is 0.731. The van der Waals surface area contributed by atoms with Gasteiger partial charge in [0.1, 0.15) is 5.82 Å². The summed E-state index contributed by atoms with van der Waals surface area (Å²) in [7, 11) is 3.39. The highest BCUT2D eigenvalue weighted by atomic mass is 35.5. The van der Waals surface area contributed by atoms with Gasteiger partial charge in [0.15, 0.2) is 0 Å². The Morgan fingerprint density at radius 2 is 2.08 bits per heavy atom. The maximum absolute atomic E-state index is 11.3. The van der Waals surface area contributed by atoms with Crippen LogP contribution in [0, 0.1) is 0 Å². The second kappa shape index (κ2) is 4.67. The summed E-state index contributed by atoms with van der Waals surface area (Å²) in [4.78, 5) is 16.6. The van der Waals surface area contributed by atoms with E-state index in [4.69, 9.17) is 5.73 Å². The van der Waals surface area contributed by atoms with Crippen LogP contribution in [0.3, 0.4) is 0 Å². The van der Waals surface area contributed by atoms with Crippen molar-refractivity contribution in [3.05, 3.63) is 23.9 Å². The third-order valence-corrected chi connectivity index (χ3v) is 1.44. The number of nitrogen functional groups attached to an aromatic ring is 1. The van der Waals surface area contributed by atoms with Crippen molar-refractivity contribution in [2.75, 3.05) is 19.8 Å². The van der Waals surface area contributed by atoms with E-state index in [1.54, 1.807) is 26.2 Å². The fourth-order valence-corrected chi connectivity index (χ4v) is 0.790. The highest BCUT2D eigenvalue weighted by Gasteiger charge is 2.06. The summed E-state index contributed by atoms with van der Waals surface area (Å²) >= 11 is 0. The number of hydrogen-bond donors (Lipinski definition) is 1. The average Bonchev–Trinajstić information content (AvgIpc) is 2.04. The van der Waals surface area contributed by atoms with Gasteiger partial charge in [-0.25, -0.2) is 4.98 Å². The number of nitrogens with zero attached hydrogens (tertiary/aromatic N) is 2. The molecule has 0 aliphatic carbocycles. The number of carbonyl (C=O) groups is 1. The lowest BCUT2D eigenvalue weighted by Gasteiger charge is -2.09. The summed E-state index contributed by atoms with van der Waals surface area (Å²) in [5.41, 5.74) is 5.92. The van der Waals surface area contributed by atoms with E-state index in [1.807, 2.05) is 0 Å². The van der Waals surface area contributed by atoms with Crippen LogP contribution in [0.5, 0.6) is 0 Å². The first-order valence-electron chi connectivity index (χ1n) is 3.54. The maximum atomic E-state index is 11.3. The fourth-order valence-electron chi connectivity index (χ4n) is 0.790. The van der Waals surface area contributed by atoms with Crippen LogP contribution < -0.4 is 5.73 Å². The van der Waals surface area contributed by atoms with Gasteiger partial charge in [-0.1, -0.05) is 0 Å². The second-order valence-electron chi connectivity index (χ2n) is 2.67. The Balaban J connectivity index is 0.00000144. The molecule has 0 aliphatic heterocycles. The predicted octanol–water partition coefficient (Wildman–Crippen LogP) is 0.787. The van der Waals surface area contributed by atoms with Crippen LogP contribution >= 0.6 is 12.4 Å². The number of aromatic nitrogens is 1. The van der Waals surface area contributed by atoms with E-state index in [-0.39, 0.29) is 18.3 Å². The normalized spacial score (nSPS) is 8.77. The predicted molar refractivity (Wildman–Crippen MR) is 53.9 cm³/mol. The molecule has 0 saturated heterocycles. The number of carbonyl (C=O) groups excluding carboxylic acids is 1. The number of anilines is 1. The van der Waals surface area contributed by atoms with Crippen molar-refractivity contribution in [3.8, 4) is 0 Å². The minimum Gasteiger partial charge on any atom is -0.384 e. The molecule has 0 aliphatic rings. The van der Waals surface area contributed by atoms with E-state index < -0.39 is 0 Å². The van der Waals surface area contributed by atoms with Crippen LogP contribution in [0.2, 0.25) is 0 Å². The summed E-state index contributed by atoms with van der Waals surface area (Å²) in [5, 5.41) is 0. The highest BCUT2D eigenvalue weighted by Crippen LogP contribution is 2.02. The van der Waals surface area contributed by atoms with Crippen LogP contribution in [-0.4, -0.2) is 29.9 Å². The van der Waals surface area contributed by atoms with E-state index in [9.17, 15) is 4.79 Å². The van der Waals surface area contributed by atoms with Gasteiger partial charge < -0.3 is 10.6 Å². The van der Waals surface area contributed by atoms with Gasteiger partial charge in [0, 0.05) is 20.3 Å². The van der Waals surface area contributed by atoms with Crippen LogP contribution in [0.25, 0.3) is 0 Å². The number of halogens is 1. The third-order valence-electron chi connectivity index (χ3n) is 1.44. The Labute approximate surface area is 83.2 Å². The number of hydrogen-bond acceptors (Lipinski definition) is 3. The van der Waals surface area contributed by atoms with Gasteiger partial charge in [-0.05, 0) is 12.1 Å². The zero-order valence-corrected chi connectivity index (χ0v) is 8.34. The number of nitrogens with two attached hydrogens (primary N) is 1. The average molecular weight is 202 g/mol. The minimum absolute atomic E-state index is 0. The summed E-state index contributed by atoms with van der Waals surface area (Å²) in [6.07, 6.45) is 1.47. The van der Waals surface area contributed by atoms with E-state index in [0.717, 1.165) is 0 Å². The number of pyridine rings is 1. The highest BCUT2D eigenvalue weighted by molar-refractivity contribution is 5.93. The number of amides is 1. The molecule has 1 rings (SSSR count). The molecule has 0 aromatic carbocycles. The molecule has 0 unspecified atom stereocenters. The van der Waals surface area contributed by atoms with E-state index in [0.29, 0.717) is 11.4 Å². The second-order valence-corrected chi connectivity index (χ2v) is 2.67. The van der Waals surface area contributed by atoms with E-state index in [1.165, 1.54) is 11.1 Å². The first kappa shape index (κ1) is 11.7. The summed E-state index contributed by atoms with van der Waals surface area (Å²) in [6, 6.07) is 3.27. The maximum Gasteiger partial charge on any atom is 0.254 e. The van der Waals surface area contributed by atoms with Crippen molar-refractivity contribution in [2.45, 2.75) is 0 Å². The molecule has 13 heavy (non-hydrogen) atoms. The van der Waals surface area contributed by atoms with E-state index >= 15 is 0 Å². The van der Waals surface area contributed by atoms with Crippen LogP contribution in [-0.2, 0) is 0 Å². The first-order valence-corrected chi connectivity index (χ1v) is 3.54. The van der Waals surface area contributed by atoms with Crippen LogP contribution in [0.1, 0.15) is 10.4 Å². The van der Waals surface area contributed by atoms with Crippen LogP contribution in [0.15, 0.2) is 18.3 Å².